The van der Waals surface area contributed by atoms with E-state index in [0.717, 1.165) is 0 Å². The molecule has 4 heteroatoms. The zero-order chi connectivity index (χ0) is 10.8. The average Bonchev–Trinajstić information content (AvgIpc) is 2.22. The number of aromatic nitrogens is 1. The normalized spacial score (nSPS) is 10.2. The molecule has 0 fully saturated rings. The Morgan fingerprint density at radius 1 is 1.13 bits per heavy atom. The van der Waals surface area contributed by atoms with Crippen molar-refractivity contribution in [2.45, 2.75) is 0 Å². The van der Waals surface area contributed by atoms with E-state index in [4.69, 9.17) is 11.5 Å². The topological polar surface area (TPSA) is 64.9 Å². The molecule has 2 rings (SSSR count). The molecule has 0 bridgehead atoms. The minimum absolute atomic E-state index is 0.261. The highest BCUT2D eigenvalue weighted by Crippen LogP contribution is 2.28. The standard InChI is InChI=1S/C11H10FN3/c12-8-3-1-2-7(6-8)9-4-5-15-11(14)10(9)13/h1-6H,13H2,(H2,14,15). The van der Waals surface area contributed by atoms with E-state index in [1.165, 1.54) is 12.1 Å². The Kier molecular flexibility index (Phi) is 2.25. The first-order valence-electron chi connectivity index (χ1n) is 4.44. The van der Waals surface area contributed by atoms with Gasteiger partial charge in [0.15, 0.2) is 0 Å². The minimum Gasteiger partial charge on any atom is -0.395 e. The number of benzene rings is 1. The second-order valence-corrected chi connectivity index (χ2v) is 3.17. The highest BCUT2D eigenvalue weighted by atomic mass is 19.1. The van der Waals surface area contributed by atoms with Gasteiger partial charge in [0.1, 0.15) is 11.6 Å². The third-order valence-electron chi connectivity index (χ3n) is 2.16. The molecule has 0 aliphatic heterocycles. The van der Waals surface area contributed by atoms with Crippen molar-refractivity contribution in [3.05, 3.63) is 42.3 Å². The van der Waals surface area contributed by atoms with Crippen molar-refractivity contribution >= 4 is 11.5 Å². The fourth-order valence-corrected chi connectivity index (χ4v) is 1.40. The highest BCUT2D eigenvalue weighted by molar-refractivity contribution is 5.82. The van der Waals surface area contributed by atoms with Crippen LogP contribution in [0.15, 0.2) is 36.5 Å². The second-order valence-electron chi connectivity index (χ2n) is 3.17. The van der Waals surface area contributed by atoms with Gasteiger partial charge in [-0.05, 0) is 23.8 Å². The first-order valence-corrected chi connectivity index (χ1v) is 4.44. The number of nitrogens with two attached hydrogens (primary N) is 2. The molecule has 0 atom stereocenters. The van der Waals surface area contributed by atoms with Gasteiger partial charge >= 0.3 is 0 Å². The molecule has 1 aromatic heterocycles. The maximum absolute atomic E-state index is 13.0. The van der Waals surface area contributed by atoms with Crippen LogP contribution in [-0.4, -0.2) is 4.98 Å². The Morgan fingerprint density at radius 2 is 1.93 bits per heavy atom. The lowest BCUT2D eigenvalue weighted by Crippen LogP contribution is -1.99. The quantitative estimate of drug-likeness (QED) is 0.745. The van der Waals surface area contributed by atoms with Gasteiger partial charge in [-0.15, -0.1) is 0 Å². The molecular weight excluding hydrogens is 193 g/mol. The molecule has 0 unspecified atom stereocenters. The highest BCUT2D eigenvalue weighted by Gasteiger charge is 2.06. The van der Waals surface area contributed by atoms with Crippen molar-refractivity contribution in [2.75, 3.05) is 11.5 Å². The van der Waals surface area contributed by atoms with E-state index in [-0.39, 0.29) is 11.6 Å². The van der Waals surface area contributed by atoms with Crippen molar-refractivity contribution in [1.29, 1.82) is 0 Å². The van der Waals surface area contributed by atoms with Crippen LogP contribution in [-0.2, 0) is 0 Å². The minimum atomic E-state index is -0.303. The fraction of sp³-hybridized carbons (Fsp3) is 0. The molecule has 0 spiro atoms. The number of nitrogen functional groups attached to an aromatic ring is 2. The van der Waals surface area contributed by atoms with Crippen LogP contribution >= 0.6 is 0 Å². The predicted octanol–water partition coefficient (Wildman–Crippen LogP) is 2.05. The largest absolute Gasteiger partial charge is 0.395 e. The van der Waals surface area contributed by atoms with E-state index in [2.05, 4.69) is 4.98 Å². The van der Waals surface area contributed by atoms with Crippen molar-refractivity contribution in [1.82, 2.24) is 4.98 Å². The van der Waals surface area contributed by atoms with Crippen LogP contribution in [0.1, 0.15) is 0 Å². The summed E-state index contributed by atoms with van der Waals surface area (Å²) >= 11 is 0. The van der Waals surface area contributed by atoms with Gasteiger partial charge < -0.3 is 11.5 Å². The first-order chi connectivity index (χ1) is 7.18. The van der Waals surface area contributed by atoms with Gasteiger partial charge in [0, 0.05) is 11.8 Å². The van der Waals surface area contributed by atoms with Crippen LogP contribution in [0.3, 0.4) is 0 Å². The van der Waals surface area contributed by atoms with Crippen LogP contribution in [0.4, 0.5) is 15.9 Å². The summed E-state index contributed by atoms with van der Waals surface area (Å²) in [5.74, 6) is -0.0426. The van der Waals surface area contributed by atoms with Crippen molar-refractivity contribution in [3.63, 3.8) is 0 Å². The third kappa shape index (κ3) is 1.74. The van der Waals surface area contributed by atoms with Gasteiger partial charge in [-0.1, -0.05) is 12.1 Å². The maximum Gasteiger partial charge on any atom is 0.147 e. The Hall–Kier alpha value is -2.10. The van der Waals surface area contributed by atoms with Crippen molar-refractivity contribution < 1.29 is 4.39 Å². The first kappa shape index (κ1) is 9.45. The van der Waals surface area contributed by atoms with Crippen molar-refractivity contribution in [3.8, 4) is 11.1 Å². The van der Waals surface area contributed by atoms with E-state index < -0.39 is 0 Å². The van der Waals surface area contributed by atoms with Crippen LogP contribution in [0.5, 0.6) is 0 Å². The number of pyridine rings is 1. The summed E-state index contributed by atoms with van der Waals surface area (Å²) in [7, 11) is 0. The average molecular weight is 203 g/mol. The zero-order valence-electron chi connectivity index (χ0n) is 7.94. The summed E-state index contributed by atoms with van der Waals surface area (Å²) in [5, 5.41) is 0. The van der Waals surface area contributed by atoms with Gasteiger partial charge in [-0.25, -0.2) is 9.37 Å². The summed E-state index contributed by atoms with van der Waals surface area (Å²) in [6, 6.07) is 7.89. The Balaban J connectivity index is 2.59. The molecule has 0 radical (unpaired) electrons. The summed E-state index contributed by atoms with van der Waals surface area (Å²) in [4.78, 5) is 3.85. The third-order valence-corrected chi connectivity index (χ3v) is 2.16. The molecule has 76 valence electrons. The molecular formula is C11H10FN3. The fourth-order valence-electron chi connectivity index (χ4n) is 1.40. The lowest BCUT2D eigenvalue weighted by Gasteiger charge is -2.07. The molecule has 0 aliphatic carbocycles. The molecule has 3 nitrogen and oxygen atoms in total. The van der Waals surface area contributed by atoms with Gasteiger partial charge in [-0.3, -0.25) is 0 Å². The van der Waals surface area contributed by atoms with Crippen LogP contribution in [0, 0.1) is 5.82 Å². The van der Waals surface area contributed by atoms with Crippen LogP contribution in [0.25, 0.3) is 11.1 Å². The van der Waals surface area contributed by atoms with E-state index in [1.807, 2.05) is 0 Å². The van der Waals surface area contributed by atoms with E-state index in [1.54, 1.807) is 24.4 Å². The van der Waals surface area contributed by atoms with E-state index in [0.29, 0.717) is 16.8 Å². The van der Waals surface area contributed by atoms with E-state index in [9.17, 15) is 4.39 Å². The van der Waals surface area contributed by atoms with Crippen LogP contribution in [0.2, 0.25) is 0 Å². The lowest BCUT2D eigenvalue weighted by atomic mass is 10.1. The molecule has 0 aliphatic rings. The molecule has 0 saturated heterocycles. The van der Waals surface area contributed by atoms with Crippen LogP contribution < -0.4 is 11.5 Å². The molecule has 2 aromatic rings. The smallest absolute Gasteiger partial charge is 0.147 e. The van der Waals surface area contributed by atoms with Crippen molar-refractivity contribution in [2.24, 2.45) is 0 Å². The van der Waals surface area contributed by atoms with Gasteiger partial charge in [-0.2, -0.15) is 0 Å². The number of hydrogen-bond acceptors (Lipinski definition) is 3. The molecule has 0 saturated carbocycles. The Morgan fingerprint density at radius 3 is 2.67 bits per heavy atom. The summed E-state index contributed by atoms with van der Waals surface area (Å²) < 4.78 is 13.0. The number of halogens is 1. The molecule has 15 heavy (non-hydrogen) atoms. The van der Waals surface area contributed by atoms with E-state index >= 15 is 0 Å². The summed E-state index contributed by atoms with van der Waals surface area (Å²) in [6.45, 7) is 0. The summed E-state index contributed by atoms with van der Waals surface area (Å²) in [6.07, 6.45) is 1.55. The maximum atomic E-state index is 13.0. The number of anilines is 2. The number of hydrogen-bond donors (Lipinski definition) is 2. The monoisotopic (exact) mass is 203 g/mol. The molecule has 1 aromatic carbocycles. The van der Waals surface area contributed by atoms with Gasteiger partial charge in [0.2, 0.25) is 0 Å². The molecule has 1 heterocycles. The number of rotatable bonds is 1. The SMILES string of the molecule is Nc1nccc(-c2cccc(F)c2)c1N. The Bertz CT molecular complexity index is 497. The second kappa shape index (κ2) is 3.57. The lowest BCUT2D eigenvalue weighted by molar-refractivity contribution is 0.628. The molecule has 0 amide bonds. The number of nitrogens with zero attached hydrogens (tertiary/aromatic N) is 1. The van der Waals surface area contributed by atoms with Gasteiger partial charge in [0.05, 0.1) is 5.69 Å². The summed E-state index contributed by atoms with van der Waals surface area (Å²) in [5.41, 5.74) is 13.1. The predicted molar refractivity (Wildman–Crippen MR) is 58.5 cm³/mol. The Labute approximate surface area is 86.6 Å². The zero-order valence-corrected chi connectivity index (χ0v) is 7.94. The van der Waals surface area contributed by atoms with Gasteiger partial charge in [0.25, 0.3) is 0 Å². The molecule has 4 N–H and O–H groups in total.